The highest BCUT2D eigenvalue weighted by atomic mass is 16.6. The van der Waals surface area contributed by atoms with Gasteiger partial charge in [0.2, 0.25) is 5.91 Å². The zero-order chi connectivity index (χ0) is 19.3. The average molecular weight is 386 g/mol. The van der Waals surface area contributed by atoms with Gasteiger partial charge in [0.05, 0.1) is 42.7 Å². The maximum Gasteiger partial charge on any atom is 0.310 e. The molecule has 2 fully saturated rings. The van der Waals surface area contributed by atoms with Crippen LogP contribution in [0.1, 0.15) is 0 Å². The number of morpholine rings is 1. The van der Waals surface area contributed by atoms with E-state index in [2.05, 4.69) is 20.5 Å². The van der Waals surface area contributed by atoms with E-state index in [9.17, 15) is 14.7 Å². The molecule has 2 bridgehead atoms. The number of carboxylic acids is 1. The van der Waals surface area contributed by atoms with Crippen LogP contribution in [-0.2, 0) is 19.1 Å². The number of nitrogens with one attached hydrogen (secondary N) is 1. The van der Waals surface area contributed by atoms with Gasteiger partial charge >= 0.3 is 5.97 Å². The lowest BCUT2D eigenvalue weighted by atomic mass is 9.82. The lowest BCUT2D eigenvalue weighted by Gasteiger charge is -2.29. The second kappa shape index (κ2) is 6.57. The monoisotopic (exact) mass is 386 g/mol. The summed E-state index contributed by atoms with van der Waals surface area (Å²) in [5, 5.41) is 20.2. The smallest absolute Gasteiger partial charge is 0.310 e. The molecule has 4 atom stereocenters. The fourth-order valence-electron chi connectivity index (χ4n) is 4.14. The van der Waals surface area contributed by atoms with Gasteiger partial charge in [0.25, 0.3) is 0 Å². The minimum atomic E-state index is -1.05. The van der Waals surface area contributed by atoms with Crippen molar-refractivity contribution < 1.29 is 28.8 Å². The normalized spacial score (nSPS) is 28.8. The lowest BCUT2D eigenvalue weighted by molar-refractivity contribution is -0.145. The Kier molecular flexibility index (Phi) is 4.02. The number of benzene rings is 1. The summed E-state index contributed by atoms with van der Waals surface area (Å²) >= 11 is 0. The van der Waals surface area contributed by atoms with Crippen molar-refractivity contribution in [3.63, 3.8) is 0 Å². The van der Waals surface area contributed by atoms with Gasteiger partial charge in [-0.2, -0.15) is 0 Å². The van der Waals surface area contributed by atoms with Gasteiger partial charge in [-0.25, -0.2) is 4.63 Å². The van der Waals surface area contributed by atoms with Crippen LogP contribution in [-0.4, -0.2) is 65.8 Å². The fourth-order valence-corrected chi connectivity index (χ4v) is 4.14. The molecule has 0 saturated carbocycles. The molecule has 4 unspecified atom stereocenters. The van der Waals surface area contributed by atoms with Gasteiger partial charge < -0.3 is 24.8 Å². The van der Waals surface area contributed by atoms with E-state index in [1.807, 2.05) is 6.07 Å². The molecule has 0 aliphatic carbocycles. The predicted molar refractivity (Wildman–Crippen MR) is 95.9 cm³/mol. The number of carbonyl (C=O) groups excluding carboxylic acids is 1. The van der Waals surface area contributed by atoms with Crippen molar-refractivity contribution in [2.24, 2.45) is 11.8 Å². The summed E-state index contributed by atoms with van der Waals surface area (Å²) in [5.74, 6) is -3.18. The Hall–Kier alpha value is -2.98. The summed E-state index contributed by atoms with van der Waals surface area (Å²) in [5.41, 5.74) is 2.24. The molecule has 2 N–H and O–H groups in total. The molecule has 5 rings (SSSR count). The molecule has 1 aromatic heterocycles. The molecule has 0 spiro atoms. The van der Waals surface area contributed by atoms with E-state index in [4.69, 9.17) is 14.1 Å². The third-order valence-corrected chi connectivity index (χ3v) is 5.49. The zero-order valence-electron chi connectivity index (χ0n) is 14.8. The molecule has 3 aliphatic heterocycles. The minimum Gasteiger partial charge on any atom is -0.481 e. The first-order valence-electron chi connectivity index (χ1n) is 9.09. The minimum absolute atomic E-state index is 0.420. The van der Waals surface area contributed by atoms with Crippen molar-refractivity contribution in [2.75, 3.05) is 36.5 Å². The van der Waals surface area contributed by atoms with Crippen molar-refractivity contribution in [1.82, 2.24) is 10.3 Å². The molecule has 3 aliphatic rings. The summed E-state index contributed by atoms with van der Waals surface area (Å²) in [6, 6.07) is 3.58. The van der Waals surface area contributed by atoms with Gasteiger partial charge in [0.15, 0.2) is 11.0 Å². The second-order valence-corrected chi connectivity index (χ2v) is 7.02. The largest absolute Gasteiger partial charge is 0.481 e. The van der Waals surface area contributed by atoms with Crippen molar-refractivity contribution in [1.29, 1.82) is 0 Å². The molecule has 0 radical (unpaired) electrons. The van der Waals surface area contributed by atoms with Crippen LogP contribution in [0, 0.1) is 11.8 Å². The van der Waals surface area contributed by atoms with E-state index < -0.39 is 35.9 Å². The van der Waals surface area contributed by atoms with E-state index in [0.29, 0.717) is 29.9 Å². The van der Waals surface area contributed by atoms with E-state index in [-0.39, 0.29) is 0 Å². The molecule has 10 nitrogen and oxygen atoms in total. The Bertz CT molecular complexity index is 966. The third kappa shape index (κ3) is 2.64. The summed E-state index contributed by atoms with van der Waals surface area (Å²) in [6.07, 6.45) is 2.33. The first-order chi connectivity index (χ1) is 13.6. The van der Waals surface area contributed by atoms with Crippen LogP contribution >= 0.6 is 0 Å². The quantitative estimate of drug-likeness (QED) is 0.728. The standard InChI is InChI=1S/C18H18N4O6/c23-17(13-11-3-4-12(27-11)14(13)18(24)25)19-9-1-2-10(16-15(9)20-28-21-16)22-5-7-26-8-6-22/h1-4,11-14H,5-8H2,(H,19,23)(H,24,25). The van der Waals surface area contributed by atoms with Crippen LogP contribution in [0.15, 0.2) is 28.9 Å². The molecule has 146 valence electrons. The van der Waals surface area contributed by atoms with Crippen molar-refractivity contribution in [3.8, 4) is 0 Å². The Morgan fingerprint density at radius 2 is 1.79 bits per heavy atom. The van der Waals surface area contributed by atoms with Gasteiger partial charge in [0.1, 0.15) is 5.92 Å². The number of nitrogens with zero attached hydrogens (tertiary/aromatic N) is 3. The van der Waals surface area contributed by atoms with E-state index in [1.54, 1.807) is 18.2 Å². The summed E-state index contributed by atoms with van der Waals surface area (Å²) in [4.78, 5) is 26.6. The molecule has 1 amide bonds. The highest BCUT2D eigenvalue weighted by Crippen LogP contribution is 2.40. The average Bonchev–Trinajstić information content (AvgIpc) is 3.44. The van der Waals surface area contributed by atoms with E-state index in [0.717, 1.165) is 18.8 Å². The molecule has 10 heteroatoms. The first kappa shape index (κ1) is 17.1. The van der Waals surface area contributed by atoms with Gasteiger partial charge in [-0.3, -0.25) is 9.59 Å². The molecule has 28 heavy (non-hydrogen) atoms. The second-order valence-electron chi connectivity index (χ2n) is 7.02. The number of carboxylic acid groups (broad SMARTS) is 1. The Labute approximate surface area is 159 Å². The fraction of sp³-hybridized carbons (Fsp3) is 0.444. The maximum absolute atomic E-state index is 12.9. The van der Waals surface area contributed by atoms with Crippen molar-refractivity contribution in [2.45, 2.75) is 12.2 Å². The van der Waals surface area contributed by atoms with Crippen LogP contribution in [0.4, 0.5) is 11.4 Å². The van der Waals surface area contributed by atoms with Crippen LogP contribution in [0.2, 0.25) is 0 Å². The number of hydrogen-bond acceptors (Lipinski definition) is 8. The Balaban J connectivity index is 1.43. The van der Waals surface area contributed by atoms with Crippen LogP contribution in [0.3, 0.4) is 0 Å². The number of aromatic nitrogens is 2. The number of amides is 1. The summed E-state index contributed by atoms with van der Waals surface area (Å²) in [6.45, 7) is 2.70. The number of carbonyl (C=O) groups is 2. The number of anilines is 2. The summed E-state index contributed by atoms with van der Waals surface area (Å²) in [7, 11) is 0. The predicted octanol–water partition coefficient (Wildman–Crippen LogP) is 0.652. The van der Waals surface area contributed by atoms with Crippen molar-refractivity contribution >= 4 is 34.3 Å². The number of ether oxygens (including phenoxy) is 2. The van der Waals surface area contributed by atoms with Gasteiger partial charge in [0, 0.05) is 13.1 Å². The molecule has 1 aromatic carbocycles. The Morgan fingerprint density at radius 1 is 1.07 bits per heavy atom. The SMILES string of the molecule is O=C(O)C1C2C=CC(O2)C1C(=O)Nc1ccc(N2CCOCC2)c2nonc12. The molecular formula is C18H18N4O6. The van der Waals surface area contributed by atoms with Crippen LogP contribution < -0.4 is 10.2 Å². The maximum atomic E-state index is 12.9. The number of rotatable bonds is 4. The number of fused-ring (bicyclic) bond motifs is 3. The topological polar surface area (TPSA) is 127 Å². The summed E-state index contributed by atoms with van der Waals surface area (Å²) < 4.78 is 15.9. The van der Waals surface area contributed by atoms with Crippen LogP contribution in [0.25, 0.3) is 11.0 Å². The van der Waals surface area contributed by atoms with Gasteiger partial charge in [-0.05, 0) is 22.4 Å². The van der Waals surface area contributed by atoms with Crippen LogP contribution in [0.5, 0.6) is 0 Å². The number of hydrogen-bond donors (Lipinski definition) is 2. The molecule has 2 saturated heterocycles. The van der Waals surface area contributed by atoms with Gasteiger partial charge in [-0.1, -0.05) is 12.2 Å². The highest BCUT2D eigenvalue weighted by Gasteiger charge is 2.53. The molecule has 4 heterocycles. The molecule has 2 aromatic rings. The third-order valence-electron chi connectivity index (χ3n) is 5.49. The van der Waals surface area contributed by atoms with Crippen molar-refractivity contribution in [3.05, 3.63) is 24.3 Å². The van der Waals surface area contributed by atoms with E-state index >= 15 is 0 Å². The van der Waals surface area contributed by atoms with Gasteiger partial charge in [-0.15, -0.1) is 0 Å². The van der Waals surface area contributed by atoms with E-state index in [1.165, 1.54) is 0 Å². The first-order valence-corrected chi connectivity index (χ1v) is 9.09. The Morgan fingerprint density at radius 3 is 2.54 bits per heavy atom. The number of aliphatic carboxylic acids is 1. The molecular weight excluding hydrogens is 368 g/mol. The zero-order valence-corrected chi connectivity index (χ0v) is 14.8. The highest BCUT2D eigenvalue weighted by molar-refractivity contribution is 6.04. The lowest BCUT2D eigenvalue weighted by Crippen LogP contribution is -2.39.